The zero-order valence-electron chi connectivity index (χ0n) is 35.0. The maximum atomic E-state index is 4.25. The number of hydrogen-bond donors (Lipinski definition) is 0. The molecule has 280 valence electrons. The third-order valence-corrected chi connectivity index (χ3v) is 5.94. The van der Waals surface area contributed by atoms with E-state index >= 15 is 0 Å². The minimum absolute atomic E-state index is 0. The van der Waals surface area contributed by atoms with Crippen LogP contribution >= 0.6 is 0 Å². The van der Waals surface area contributed by atoms with Gasteiger partial charge in [-0.1, -0.05) is 164 Å². The molecule has 0 aliphatic heterocycles. The molecule has 0 aliphatic carbocycles. The van der Waals surface area contributed by atoms with Crippen molar-refractivity contribution in [1.29, 1.82) is 0 Å². The lowest BCUT2D eigenvalue weighted by Crippen LogP contribution is -2.12. The third-order valence-electron chi connectivity index (χ3n) is 5.94. The fourth-order valence-corrected chi connectivity index (χ4v) is 3.27. The Hall–Kier alpha value is -3.40. The van der Waals surface area contributed by atoms with Crippen LogP contribution < -0.4 is 0 Å². The van der Waals surface area contributed by atoms with E-state index in [1.807, 2.05) is 117 Å². The van der Waals surface area contributed by atoms with E-state index in [9.17, 15) is 0 Å². The smallest absolute Gasteiger partial charge is 0.0457 e. The van der Waals surface area contributed by atoms with Gasteiger partial charge in [-0.2, -0.15) is 0 Å². The molecule has 0 N–H and O–H groups in total. The molecule has 0 saturated heterocycles. The summed E-state index contributed by atoms with van der Waals surface area (Å²) in [5.74, 6) is 0. The Morgan fingerprint density at radius 1 is 0.347 bits per heavy atom. The molecular formula is C45H80N4. The summed E-state index contributed by atoms with van der Waals surface area (Å²) in [5.41, 5.74) is 5.77. The largest absolute Gasteiger partial charge is 0.265 e. The van der Waals surface area contributed by atoms with Crippen molar-refractivity contribution >= 4 is 0 Å². The van der Waals surface area contributed by atoms with Gasteiger partial charge in [0.25, 0.3) is 0 Å². The maximum Gasteiger partial charge on any atom is 0.0457 e. The van der Waals surface area contributed by atoms with Gasteiger partial charge in [0.2, 0.25) is 0 Å². The van der Waals surface area contributed by atoms with Crippen molar-refractivity contribution in [2.45, 2.75) is 168 Å². The summed E-state index contributed by atoms with van der Waals surface area (Å²) >= 11 is 0. The molecule has 0 unspecified atom stereocenters. The molecule has 0 fully saturated rings. The molecule has 49 heavy (non-hydrogen) atoms. The van der Waals surface area contributed by atoms with Gasteiger partial charge in [-0.25, -0.2) is 0 Å². The molecule has 4 heteroatoms. The molecule has 4 nitrogen and oxygen atoms in total. The lowest BCUT2D eigenvalue weighted by molar-refractivity contribution is 0.569. The van der Waals surface area contributed by atoms with Crippen molar-refractivity contribution in [3.8, 4) is 0 Å². The van der Waals surface area contributed by atoms with E-state index in [1.54, 1.807) is 6.20 Å². The molecule has 0 saturated carbocycles. The minimum Gasteiger partial charge on any atom is -0.265 e. The first-order chi connectivity index (χ1) is 22.4. The van der Waals surface area contributed by atoms with Crippen molar-refractivity contribution < 1.29 is 0 Å². The minimum atomic E-state index is 0. The molecule has 0 spiro atoms. The van der Waals surface area contributed by atoms with Crippen molar-refractivity contribution in [2.75, 3.05) is 0 Å². The van der Waals surface area contributed by atoms with Gasteiger partial charge in [0.15, 0.2) is 0 Å². The average molecular weight is 677 g/mol. The van der Waals surface area contributed by atoms with E-state index in [0.29, 0.717) is 0 Å². The van der Waals surface area contributed by atoms with Gasteiger partial charge in [-0.3, -0.25) is 19.9 Å². The SMILES string of the molecule is C.CC.CC.CC.CC.CC(C)(C)c1ccccn1.CC(C)(C)c1ccccn1.CC(C)(C)c1cccnc1.CC(C)(C)c1ccncc1. The first-order valence-electron chi connectivity index (χ1n) is 18.1. The van der Waals surface area contributed by atoms with E-state index in [1.165, 1.54) is 11.1 Å². The molecule has 0 aliphatic rings. The second-order valence-corrected chi connectivity index (χ2v) is 13.9. The van der Waals surface area contributed by atoms with Crippen LogP contribution in [0.4, 0.5) is 0 Å². The van der Waals surface area contributed by atoms with Crippen LogP contribution in [-0.4, -0.2) is 19.9 Å². The van der Waals surface area contributed by atoms with E-state index in [-0.39, 0.29) is 29.1 Å². The number of pyridine rings is 4. The van der Waals surface area contributed by atoms with Gasteiger partial charge >= 0.3 is 0 Å². The summed E-state index contributed by atoms with van der Waals surface area (Å²) in [7, 11) is 0. The maximum absolute atomic E-state index is 4.25. The Morgan fingerprint density at radius 2 is 0.714 bits per heavy atom. The fraction of sp³-hybridized carbons (Fsp3) is 0.556. The highest BCUT2D eigenvalue weighted by molar-refractivity contribution is 5.19. The van der Waals surface area contributed by atoms with Crippen LogP contribution in [0.15, 0.2) is 97.8 Å². The molecule has 0 atom stereocenters. The monoisotopic (exact) mass is 677 g/mol. The number of nitrogens with zero attached hydrogens (tertiary/aromatic N) is 4. The molecular weight excluding hydrogens is 597 g/mol. The first-order valence-corrected chi connectivity index (χ1v) is 18.1. The van der Waals surface area contributed by atoms with E-state index in [2.05, 4.69) is 133 Å². The third kappa shape index (κ3) is 29.3. The zero-order chi connectivity index (χ0) is 38.5. The first kappa shape index (κ1) is 55.0. The molecule has 0 radical (unpaired) electrons. The quantitative estimate of drug-likeness (QED) is 0.186. The van der Waals surface area contributed by atoms with Crippen LogP contribution in [0.5, 0.6) is 0 Å². The van der Waals surface area contributed by atoms with E-state index in [4.69, 9.17) is 0 Å². The molecule has 4 rings (SSSR count). The molecule has 0 bridgehead atoms. The number of aromatic nitrogens is 4. The molecule has 4 aromatic rings. The Morgan fingerprint density at radius 3 is 0.898 bits per heavy atom. The summed E-state index contributed by atoms with van der Waals surface area (Å²) in [5, 5.41) is 0. The van der Waals surface area contributed by atoms with Crippen LogP contribution in [0.2, 0.25) is 0 Å². The van der Waals surface area contributed by atoms with Gasteiger partial charge in [-0.05, 0) is 64.4 Å². The van der Waals surface area contributed by atoms with Crippen LogP contribution in [0.1, 0.15) is 168 Å². The second-order valence-electron chi connectivity index (χ2n) is 13.9. The van der Waals surface area contributed by atoms with Crippen molar-refractivity contribution in [3.63, 3.8) is 0 Å². The molecule has 0 amide bonds. The zero-order valence-corrected chi connectivity index (χ0v) is 35.0. The highest BCUT2D eigenvalue weighted by Crippen LogP contribution is 2.21. The molecule has 0 aromatic carbocycles. The van der Waals surface area contributed by atoms with Gasteiger partial charge in [-0.15, -0.1) is 0 Å². The Labute approximate surface area is 307 Å². The Balaban J connectivity index is -0.000000163. The lowest BCUT2D eigenvalue weighted by Gasteiger charge is -2.17. The van der Waals surface area contributed by atoms with Crippen LogP contribution in [0.25, 0.3) is 0 Å². The lowest BCUT2D eigenvalue weighted by atomic mass is 9.88. The summed E-state index contributed by atoms with van der Waals surface area (Å²) in [4.78, 5) is 16.5. The molecule has 4 heterocycles. The normalized spacial score (nSPS) is 9.88. The van der Waals surface area contributed by atoms with Crippen molar-refractivity contribution in [3.05, 3.63) is 120 Å². The van der Waals surface area contributed by atoms with E-state index < -0.39 is 0 Å². The van der Waals surface area contributed by atoms with Gasteiger partial charge < -0.3 is 0 Å². The highest BCUT2D eigenvalue weighted by Gasteiger charge is 2.14. The van der Waals surface area contributed by atoms with Crippen molar-refractivity contribution in [2.24, 2.45) is 0 Å². The topological polar surface area (TPSA) is 51.6 Å². The van der Waals surface area contributed by atoms with Crippen LogP contribution in [-0.2, 0) is 21.7 Å². The fourth-order valence-electron chi connectivity index (χ4n) is 3.27. The van der Waals surface area contributed by atoms with Gasteiger partial charge in [0.05, 0.1) is 0 Å². The number of rotatable bonds is 0. The molecule has 4 aromatic heterocycles. The Bertz CT molecular complexity index is 982. The summed E-state index contributed by atoms with van der Waals surface area (Å²) in [6.45, 7) is 42.1. The average Bonchev–Trinajstić information content (AvgIpc) is 3.09. The van der Waals surface area contributed by atoms with Crippen LogP contribution in [0.3, 0.4) is 0 Å². The standard InChI is InChI=1S/4C9H13N.4C2H6.CH4/c1-9(2,3)8-4-6-10-7-5-8;1-9(2,3)8-5-4-6-10-7-8;2*1-9(2,3)8-6-4-5-7-10-8;4*1-2;/h4*4-7H,1-3H3;4*1-2H3;1H4. The second kappa shape index (κ2) is 30.6. The summed E-state index contributed by atoms with van der Waals surface area (Å²) in [6.07, 6.45) is 11.1. The Kier molecular flexibility index (Phi) is 34.4. The summed E-state index contributed by atoms with van der Waals surface area (Å²) < 4.78 is 0. The van der Waals surface area contributed by atoms with E-state index in [0.717, 1.165) is 11.4 Å². The predicted molar refractivity (Wildman–Crippen MR) is 224 cm³/mol. The van der Waals surface area contributed by atoms with Crippen LogP contribution in [0, 0.1) is 0 Å². The van der Waals surface area contributed by atoms with Gasteiger partial charge in [0, 0.05) is 59.4 Å². The predicted octanol–water partition coefficient (Wildman–Crippen LogP) is 14.3. The highest BCUT2D eigenvalue weighted by atomic mass is 14.7. The number of hydrogen-bond acceptors (Lipinski definition) is 4. The van der Waals surface area contributed by atoms with Crippen molar-refractivity contribution in [1.82, 2.24) is 19.9 Å². The summed E-state index contributed by atoms with van der Waals surface area (Å²) in [6, 6.07) is 20.2. The van der Waals surface area contributed by atoms with Gasteiger partial charge in [0.1, 0.15) is 0 Å².